The number of anilines is 1. The smallest absolute Gasteiger partial charge is 0.234 e. The summed E-state index contributed by atoms with van der Waals surface area (Å²) in [6.45, 7) is 8.61. The number of rotatable bonds is 10. The molecule has 1 heterocycles. The van der Waals surface area contributed by atoms with Crippen LogP contribution in [0.2, 0.25) is 0 Å². The number of benzene rings is 2. The number of allylic oxidation sites excluding steroid dienone is 1. The van der Waals surface area contributed by atoms with Gasteiger partial charge in [-0.25, -0.2) is 0 Å². The molecule has 0 aliphatic heterocycles. The molecule has 0 radical (unpaired) electrons. The topological polar surface area (TPSA) is 78.3 Å². The van der Waals surface area contributed by atoms with Crippen LogP contribution in [0.5, 0.6) is 11.5 Å². The summed E-state index contributed by atoms with van der Waals surface area (Å²) in [6.07, 6.45) is 1.76. The molecule has 3 aromatic rings. The van der Waals surface area contributed by atoms with Gasteiger partial charge in [0.15, 0.2) is 11.0 Å². The average molecular weight is 517 g/mol. The molecular formula is C23H25BrN4O3S. The zero-order valence-corrected chi connectivity index (χ0v) is 20.6. The molecule has 1 aromatic heterocycles. The summed E-state index contributed by atoms with van der Waals surface area (Å²) in [5, 5.41) is 12.0. The lowest BCUT2D eigenvalue weighted by atomic mass is 10.1. The highest BCUT2D eigenvalue weighted by atomic mass is 79.9. The van der Waals surface area contributed by atoms with Gasteiger partial charge in [-0.2, -0.15) is 0 Å². The number of aromatic nitrogens is 3. The molecule has 7 nitrogen and oxygen atoms in total. The van der Waals surface area contributed by atoms with Crippen LogP contribution in [0.25, 0.3) is 0 Å². The van der Waals surface area contributed by atoms with Crippen molar-refractivity contribution in [3.8, 4) is 11.5 Å². The highest BCUT2D eigenvalue weighted by Gasteiger charge is 2.15. The summed E-state index contributed by atoms with van der Waals surface area (Å²) < 4.78 is 13.7. The Hall–Kier alpha value is -2.78. The first-order chi connectivity index (χ1) is 15.4. The largest absolute Gasteiger partial charge is 0.497 e. The van der Waals surface area contributed by atoms with E-state index in [-0.39, 0.29) is 18.3 Å². The number of hydrogen-bond acceptors (Lipinski definition) is 6. The first-order valence-corrected chi connectivity index (χ1v) is 11.7. The van der Waals surface area contributed by atoms with Crippen molar-refractivity contribution >= 4 is 39.3 Å². The van der Waals surface area contributed by atoms with E-state index >= 15 is 0 Å². The second-order valence-electron chi connectivity index (χ2n) is 7.02. The normalized spacial score (nSPS) is 10.6. The van der Waals surface area contributed by atoms with Gasteiger partial charge >= 0.3 is 0 Å². The van der Waals surface area contributed by atoms with Gasteiger partial charge in [-0.15, -0.1) is 16.8 Å². The van der Waals surface area contributed by atoms with E-state index in [1.165, 1.54) is 11.8 Å². The molecule has 0 bridgehead atoms. The quantitative estimate of drug-likeness (QED) is 0.296. The van der Waals surface area contributed by atoms with E-state index < -0.39 is 0 Å². The average Bonchev–Trinajstić information content (AvgIpc) is 3.16. The lowest BCUT2D eigenvalue weighted by molar-refractivity contribution is -0.113. The maximum atomic E-state index is 12.5. The number of ether oxygens (including phenoxy) is 2. The van der Waals surface area contributed by atoms with E-state index in [1.54, 1.807) is 13.2 Å². The maximum absolute atomic E-state index is 12.5. The van der Waals surface area contributed by atoms with Crippen LogP contribution in [0, 0.1) is 13.8 Å². The Bertz CT molecular complexity index is 1100. The van der Waals surface area contributed by atoms with Crippen LogP contribution in [0.15, 0.2) is 58.7 Å². The van der Waals surface area contributed by atoms with Crippen molar-refractivity contribution in [1.82, 2.24) is 14.8 Å². The van der Waals surface area contributed by atoms with E-state index in [0.29, 0.717) is 23.3 Å². The predicted molar refractivity (Wildman–Crippen MR) is 131 cm³/mol. The van der Waals surface area contributed by atoms with Crippen LogP contribution >= 0.6 is 27.7 Å². The summed E-state index contributed by atoms with van der Waals surface area (Å²) >= 11 is 4.82. The van der Waals surface area contributed by atoms with Gasteiger partial charge in [-0.05, 0) is 77.3 Å². The number of carbonyl (C=O) groups excluding carboxylic acids is 1. The van der Waals surface area contributed by atoms with Crippen molar-refractivity contribution in [3.63, 3.8) is 0 Å². The second-order valence-corrected chi connectivity index (χ2v) is 8.81. The molecule has 32 heavy (non-hydrogen) atoms. The summed E-state index contributed by atoms with van der Waals surface area (Å²) in [6, 6.07) is 11.3. The third-order valence-corrected chi connectivity index (χ3v) is 6.35. The number of aryl methyl sites for hydroxylation is 2. The van der Waals surface area contributed by atoms with Gasteiger partial charge in [0, 0.05) is 11.0 Å². The lowest BCUT2D eigenvalue weighted by Gasteiger charge is -2.11. The molecule has 2 aromatic carbocycles. The minimum atomic E-state index is -0.122. The zero-order chi connectivity index (χ0) is 23.1. The monoisotopic (exact) mass is 516 g/mol. The SMILES string of the molecule is C=CCn1c(COc2ccc(OC)cc2)nnc1SCC(=O)Nc1cc(C)c(C)cc1Br. The van der Waals surface area contributed by atoms with Crippen molar-refractivity contribution in [2.24, 2.45) is 0 Å². The molecule has 0 spiro atoms. The molecule has 0 saturated heterocycles. The second kappa shape index (κ2) is 11.2. The molecule has 0 atom stereocenters. The highest BCUT2D eigenvalue weighted by molar-refractivity contribution is 9.10. The Kier molecular flexibility index (Phi) is 8.35. The van der Waals surface area contributed by atoms with E-state index in [0.717, 1.165) is 27.0 Å². The van der Waals surface area contributed by atoms with Crippen LogP contribution in [0.1, 0.15) is 17.0 Å². The summed E-state index contributed by atoms with van der Waals surface area (Å²) in [5.74, 6) is 2.20. The Morgan fingerprint density at radius 3 is 2.56 bits per heavy atom. The van der Waals surface area contributed by atoms with Gasteiger partial charge in [0.2, 0.25) is 5.91 Å². The predicted octanol–water partition coefficient (Wildman–Crippen LogP) is 5.16. The number of hydrogen-bond donors (Lipinski definition) is 1. The Morgan fingerprint density at radius 1 is 1.19 bits per heavy atom. The standard InChI is InChI=1S/C23H25BrN4O3S/c1-5-10-28-21(13-31-18-8-6-17(30-4)7-9-18)26-27-23(28)32-14-22(29)25-20-12-16(3)15(2)11-19(20)24/h5-9,11-12H,1,10,13-14H2,2-4H3,(H,25,29). The molecule has 0 aliphatic carbocycles. The van der Waals surface area contributed by atoms with Gasteiger partial charge in [0.05, 0.1) is 18.6 Å². The molecule has 1 N–H and O–H groups in total. The molecule has 0 saturated carbocycles. The number of amides is 1. The van der Waals surface area contributed by atoms with Gasteiger partial charge in [0.25, 0.3) is 0 Å². The Balaban J connectivity index is 1.62. The molecule has 1 amide bonds. The molecule has 9 heteroatoms. The molecule has 0 unspecified atom stereocenters. The first-order valence-electron chi connectivity index (χ1n) is 9.90. The zero-order valence-electron chi connectivity index (χ0n) is 18.2. The van der Waals surface area contributed by atoms with Gasteiger partial charge in [0.1, 0.15) is 18.1 Å². The molecule has 0 fully saturated rings. The number of carbonyl (C=O) groups is 1. The number of methoxy groups -OCH3 is 1. The number of nitrogens with zero attached hydrogens (tertiary/aromatic N) is 3. The molecule has 168 valence electrons. The van der Waals surface area contributed by atoms with Crippen molar-refractivity contribution in [2.45, 2.75) is 32.2 Å². The molecule has 0 aliphatic rings. The Morgan fingerprint density at radius 2 is 1.88 bits per heavy atom. The minimum absolute atomic E-state index is 0.122. The van der Waals surface area contributed by atoms with Crippen molar-refractivity contribution < 1.29 is 14.3 Å². The minimum Gasteiger partial charge on any atom is -0.497 e. The van der Waals surface area contributed by atoms with Crippen LogP contribution in [-0.2, 0) is 17.9 Å². The maximum Gasteiger partial charge on any atom is 0.234 e. The molecular weight excluding hydrogens is 492 g/mol. The van der Waals surface area contributed by atoms with Crippen molar-refractivity contribution in [2.75, 3.05) is 18.2 Å². The third kappa shape index (κ3) is 6.14. The van der Waals surface area contributed by atoms with E-state index in [2.05, 4.69) is 38.0 Å². The van der Waals surface area contributed by atoms with Gasteiger partial charge < -0.3 is 14.8 Å². The number of halogens is 1. The number of thioether (sulfide) groups is 1. The summed E-state index contributed by atoms with van der Waals surface area (Å²) in [7, 11) is 1.62. The fraction of sp³-hybridized carbons (Fsp3) is 0.261. The Labute approximate surface area is 200 Å². The summed E-state index contributed by atoms with van der Waals surface area (Å²) in [4.78, 5) is 12.5. The first kappa shape index (κ1) is 23.9. The van der Waals surface area contributed by atoms with E-state index in [1.807, 2.05) is 54.8 Å². The van der Waals surface area contributed by atoms with E-state index in [4.69, 9.17) is 9.47 Å². The number of nitrogens with one attached hydrogen (secondary N) is 1. The van der Waals surface area contributed by atoms with Gasteiger partial charge in [-0.3, -0.25) is 9.36 Å². The van der Waals surface area contributed by atoms with Crippen molar-refractivity contribution in [1.29, 1.82) is 0 Å². The summed E-state index contributed by atoms with van der Waals surface area (Å²) in [5.41, 5.74) is 3.02. The van der Waals surface area contributed by atoms with Crippen LogP contribution in [0.3, 0.4) is 0 Å². The lowest BCUT2D eigenvalue weighted by Crippen LogP contribution is -2.15. The fourth-order valence-corrected chi connectivity index (χ4v) is 4.18. The fourth-order valence-electron chi connectivity index (χ4n) is 2.86. The third-order valence-electron chi connectivity index (χ3n) is 4.72. The van der Waals surface area contributed by atoms with Crippen LogP contribution in [0.4, 0.5) is 5.69 Å². The molecule has 3 rings (SSSR count). The van der Waals surface area contributed by atoms with Crippen LogP contribution in [-0.4, -0.2) is 33.5 Å². The van der Waals surface area contributed by atoms with Crippen LogP contribution < -0.4 is 14.8 Å². The van der Waals surface area contributed by atoms with Crippen molar-refractivity contribution in [3.05, 3.63) is 70.5 Å². The highest BCUT2D eigenvalue weighted by Crippen LogP contribution is 2.27. The van der Waals surface area contributed by atoms with Gasteiger partial charge in [-0.1, -0.05) is 17.8 Å². The van der Waals surface area contributed by atoms with E-state index in [9.17, 15) is 4.79 Å².